The number of nitrogens with zero attached hydrogens (tertiary/aromatic N) is 3. The number of rotatable bonds is 5. The van der Waals surface area contributed by atoms with Gasteiger partial charge in [0.05, 0.1) is 7.11 Å². The molecule has 0 aliphatic carbocycles. The molecule has 0 saturated carbocycles. The Morgan fingerprint density at radius 2 is 1.83 bits per heavy atom. The summed E-state index contributed by atoms with van der Waals surface area (Å²) in [6.07, 6.45) is 5.44. The molecule has 0 atom stereocenters. The summed E-state index contributed by atoms with van der Waals surface area (Å²) in [5.41, 5.74) is 6.08. The molecule has 3 rings (SSSR count). The molecule has 1 amide bonds. The van der Waals surface area contributed by atoms with Gasteiger partial charge in [0.15, 0.2) is 0 Å². The van der Waals surface area contributed by atoms with Crippen LogP contribution >= 0.6 is 12.4 Å². The maximum absolute atomic E-state index is 12.9. The van der Waals surface area contributed by atoms with E-state index in [9.17, 15) is 9.59 Å². The summed E-state index contributed by atoms with van der Waals surface area (Å²) in [6, 6.07) is 3.69. The van der Waals surface area contributed by atoms with Crippen LogP contribution in [0.5, 0.6) is 0 Å². The second-order valence-corrected chi connectivity index (χ2v) is 7.63. The lowest BCUT2D eigenvalue weighted by atomic mass is 9.90. The second kappa shape index (κ2) is 10.4. The first kappa shape index (κ1) is 22.9. The van der Waals surface area contributed by atoms with E-state index in [1.54, 1.807) is 12.3 Å². The minimum atomic E-state index is -0.165. The third kappa shape index (κ3) is 5.82. The van der Waals surface area contributed by atoms with Crippen molar-refractivity contribution in [2.75, 3.05) is 38.2 Å². The van der Waals surface area contributed by atoms with E-state index >= 15 is 0 Å². The zero-order valence-electron chi connectivity index (χ0n) is 16.8. The van der Waals surface area contributed by atoms with Crippen LogP contribution in [0.25, 0.3) is 0 Å². The van der Waals surface area contributed by atoms with Crippen LogP contribution in [-0.2, 0) is 14.3 Å². The Balaban J connectivity index is 0.00000300. The van der Waals surface area contributed by atoms with E-state index in [4.69, 9.17) is 15.9 Å². The largest absolute Gasteiger partial charge is 0.469 e. The number of amidine groups is 1. The number of ether oxygens (including phenoxy) is 1. The van der Waals surface area contributed by atoms with Gasteiger partial charge in [-0.15, -0.1) is 12.4 Å². The molecule has 3 heterocycles. The van der Waals surface area contributed by atoms with E-state index in [2.05, 4.69) is 9.88 Å². The van der Waals surface area contributed by atoms with Gasteiger partial charge in [-0.05, 0) is 43.7 Å². The molecule has 8 nitrogen and oxygen atoms in total. The Kier molecular flexibility index (Phi) is 8.25. The number of hydrogen-bond donors (Lipinski definition) is 2. The number of carbonyl (C=O) groups excluding carboxylic acids is 2. The molecule has 3 N–H and O–H groups in total. The number of nitrogens with one attached hydrogen (secondary N) is 1. The molecule has 2 aliphatic rings. The van der Waals surface area contributed by atoms with Crippen molar-refractivity contribution < 1.29 is 14.3 Å². The second-order valence-electron chi connectivity index (χ2n) is 7.63. The highest BCUT2D eigenvalue weighted by molar-refractivity contribution is 5.94. The molecule has 0 unspecified atom stereocenters. The Bertz CT molecular complexity index is 711. The molecule has 0 spiro atoms. The van der Waals surface area contributed by atoms with E-state index in [0.29, 0.717) is 17.9 Å². The molecule has 0 aromatic carbocycles. The lowest BCUT2D eigenvalue weighted by Crippen LogP contribution is -2.45. The van der Waals surface area contributed by atoms with E-state index in [0.717, 1.165) is 57.7 Å². The first-order valence-corrected chi connectivity index (χ1v) is 9.89. The summed E-state index contributed by atoms with van der Waals surface area (Å²) >= 11 is 0. The van der Waals surface area contributed by atoms with Gasteiger partial charge in [-0.2, -0.15) is 0 Å². The number of halogens is 1. The summed E-state index contributed by atoms with van der Waals surface area (Å²) < 4.78 is 4.74. The normalized spacial score (nSPS) is 18.1. The minimum absolute atomic E-state index is 0. The number of nitrogens with two attached hydrogens (primary N) is 1. The van der Waals surface area contributed by atoms with Crippen LogP contribution in [0, 0.1) is 17.2 Å². The molecule has 0 radical (unpaired) electrons. The van der Waals surface area contributed by atoms with Gasteiger partial charge >= 0.3 is 5.97 Å². The number of esters is 1. The monoisotopic (exact) mass is 423 g/mol. The number of likely N-dealkylation sites (tertiary alicyclic amines) is 1. The van der Waals surface area contributed by atoms with Crippen LogP contribution < -0.4 is 10.6 Å². The number of piperidine rings is 2. The van der Waals surface area contributed by atoms with Crippen LogP contribution in [0.3, 0.4) is 0 Å². The highest BCUT2D eigenvalue weighted by atomic mass is 35.5. The molecule has 9 heteroatoms. The topological polar surface area (TPSA) is 113 Å². The first-order chi connectivity index (χ1) is 13.5. The molecule has 2 fully saturated rings. The maximum atomic E-state index is 12.9. The number of methoxy groups -OCH3 is 1. The zero-order chi connectivity index (χ0) is 20.1. The predicted molar refractivity (Wildman–Crippen MR) is 113 cm³/mol. The lowest BCUT2D eigenvalue weighted by molar-refractivity contribution is -0.142. The highest BCUT2D eigenvalue weighted by Crippen LogP contribution is 2.27. The van der Waals surface area contributed by atoms with Gasteiger partial charge in [0.25, 0.3) is 0 Å². The minimum Gasteiger partial charge on any atom is -0.469 e. The number of hydrogen-bond acceptors (Lipinski definition) is 6. The molecule has 0 bridgehead atoms. The van der Waals surface area contributed by atoms with E-state index < -0.39 is 0 Å². The van der Waals surface area contributed by atoms with Crippen molar-refractivity contribution in [2.24, 2.45) is 17.6 Å². The average molecular weight is 424 g/mol. The third-order valence-electron chi connectivity index (χ3n) is 5.84. The van der Waals surface area contributed by atoms with Crippen molar-refractivity contribution in [2.45, 2.75) is 32.1 Å². The van der Waals surface area contributed by atoms with Crippen molar-refractivity contribution in [3.8, 4) is 0 Å². The number of nitrogen functional groups attached to an aromatic ring is 1. The molecule has 29 heavy (non-hydrogen) atoms. The molecular weight excluding hydrogens is 394 g/mol. The fourth-order valence-corrected chi connectivity index (χ4v) is 4.02. The molecule has 1 aromatic rings. The van der Waals surface area contributed by atoms with Crippen LogP contribution in [0.4, 0.5) is 5.82 Å². The van der Waals surface area contributed by atoms with Gasteiger partial charge in [-0.1, -0.05) is 0 Å². The average Bonchev–Trinajstić information content (AvgIpc) is 2.74. The number of amides is 1. The Hall–Kier alpha value is -2.35. The summed E-state index contributed by atoms with van der Waals surface area (Å²) in [6.45, 7) is 3.05. The van der Waals surface area contributed by atoms with Crippen molar-refractivity contribution in [1.29, 1.82) is 5.41 Å². The summed E-state index contributed by atoms with van der Waals surface area (Å²) in [5, 5.41) is 7.44. The van der Waals surface area contributed by atoms with Crippen molar-refractivity contribution in [1.82, 2.24) is 9.88 Å². The summed E-state index contributed by atoms with van der Waals surface area (Å²) in [7, 11) is 1.42. The number of aromatic nitrogens is 1. The number of anilines is 1. The molecule has 2 aliphatic heterocycles. The van der Waals surface area contributed by atoms with Gasteiger partial charge in [0, 0.05) is 50.3 Å². The smallest absolute Gasteiger partial charge is 0.305 e. The SMILES string of the molecule is COC(=O)CC1CCN(C(=O)C2CCN(c3ccc(C(=N)N)cn3)CC2)CC1.Cl. The van der Waals surface area contributed by atoms with Crippen LogP contribution in [0.15, 0.2) is 18.3 Å². The van der Waals surface area contributed by atoms with E-state index in [-0.39, 0.29) is 36.0 Å². The van der Waals surface area contributed by atoms with Crippen molar-refractivity contribution in [3.05, 3.63) is 23.9 Å². The Morgan fingerprint density at radius 1 is 1.17 bits per heavy atom. The molecule has 160 valence electrons. The van der Waals surface area contributed by atoms with Crippen molar-refractivity contribution in [3.63, 3.8) is 0 Å². The summed E-state index contributed by atoms with van der Waals surface area (Å²) in [5.74, 6) is 1.34. The molecular formula is C20H30ClN5O3. The van der Waals surface area contributed by atoms with Crippen molar-refractivity contribution >= 4 is 35.9 Å². The van der Waals surface area contributed by atoms with Gasteiger partial charge < -0.3 is 20.3 Å². The van der Waals surface area contributed by atoms with Crippen LogP contribution in [0.1, 0.15) is 37.7 Å². The summed E-state index contributed by atoms with van der Waals surface area (Å²) in [4.78, 5) is 32.8. The third-order valence-corrected chi connectivity index (χ3v) is 5.84. The predicted octanol–water partition coefficient (Wildman–Crippen LogP) is 1.81. The van der Waals surface area contributed by atoms with E-state index in [1.807, 2.05) is 11.0 Å². The maximum Gasteiger partial charge on any atom is 0.305 e. The van der Waals surface area contributed by atoms with Crippen LogP contribution in [-0.4, -0.2) is 60.9 Å². The standard InChI is InChI=1S/C20H29N5O3.ClH/c1-28-18(26)12-14-4-8-25(9-5-14)20(27)15-6-10-24(11-7-15)17-3-2-16(13-23-17)19(21)22;/h2-3,13-15H,4-12H2,1H3,(H3,21,22);1H. The van der Waals surface area contributed by atoms with Gasteiger partial charge in [0.1, 0.15) is 11.7 Å². The van der Waals surface area contributed by atoms with Gasteiger partial charge in [0.2, 0.25) is 5.91 Å². The fraction of sp³-hybridized carbons (Fsp3) is 0.600. The first-order valence-electron chi connectivity index (χ1n) is 9.89. The zero-order valence-corrected chi connectivity index (χ0v) is 17.6. The Morgan fingerprint density at radius 3 is 2.34 bits per heavy atom. The quantitative estimate of drug-likeness (QED) is 0.424. The number of carbonyl (C=O) groups is 2. The molecule has 1 aromatic heterocycles. The van der Waals surface area contributed by atoms with Crippen LogP contribution in [0.2, 0.25) is 0 Å². The number of pyridine rings is 1. The lowest BCUT2D eigenvalue weighted by Gasteiger charge is -2.37. The van der Waals surface area contributed by atoms with Gasteiger partial charge in [-0.3, -0.25) is 15.0 Å². The van der Waals surface area contributed by atoms with Gasteiger partial charge in [-0.25, -0.2) is 4.98 Å². The van der Waals surface area contributed by atoms with E-state index in [1.165, 1.54) is 7.11 Å². The Labute approximate surface area is 177 Å². The highest BCUT2D eigenvalue weighted by Gasteiger charge is 2.31. The fourth-order valence-electron chi connectivity index (χ4n) is 4.02. The molecule has 2 saturated heterocycles.